The fraction of sp³-hybridized carbons (Fsp3) is 0.105. The molecule has 138 valence electrons. The van der Waals surface area contributed by atoms with Crippen LogP contribution in [0.4, 0.5) is 11.4 Å². The molecular weight excluding hydrogens is 370 g/mol. The molecule has 0 unspecified atom stereocenters. The summed E-state index contributed by atoms with van der Waals surface area (Å²) in [6.45, 7) is 1.40. The number of anilines is 2. The topological polar surface area (TPSA) is 93.5 Å². The van der Waals surface area contributed by atoms with Gasteiger partial charge in [-0.05, 0) is 42.5 Å². The van der Waals surface area contributed by atoms with Crippen LogP contribution in [0.3, 0.4) is 0 Å². The summed E-state index contributed by atoms with van der Waals surface area (Å²) in [7, 11) is 1.48. The number of amides is 2. The number of benzene rings is 2. The average Bonchev–Trinajstić information content (AvgIpc) is 3.12. The van der Waals surface area contributed by atoms with E-state index in [1.54, 1.807) is 42.5 Å². The van der Waals surface area contributed by atoms with Crippen molar-refractivity contribution in [1.29, 1.82) is 0 Å². The standard InChI is InChI=1S/C19H16ClN3O4/c1-11(24)21-14-7-8-17(26-2)15(9-14)22-19(25)16-10-18(27-23-16)12-3-5-13(20)6-4-12/h3-10H,1-2H3,(H,21,24)(H,22,25). The summed E-state index contributed by atoms with van der Waals surface area (Å²) in [6, 6.07) is 13.4. The Morgan fingerprint density at radius 1 is 1.07 bits per heavy atom. The third-order valence-corrected chi connectivity index (χ3v) is 3.89. The van der Waals surface area contributed by atoms with Gasteiger partial charge in [0.05, 0.1) is 12.8 Å². The minimum atomic E-state index is -0.475. The number of carbonyl (C=O) groups excluding carboxylic acids is 2. The summed E-state index contributed by atoms with van der Waals surface area (Å²) in [6.07, 6.45) is 0. The second-order valence-electron chi connectivity index (χ2n) is 5.63. The first-order valence-electron chi connectivity index (χ1n) is 7.96. The lowest BCUT2D eigenvalue weighted by atomic mass is 10.1. The summed E-state index contributed by atoms with van der Waals surface area (Å²) in [5, 5.41) is 9.76. The van der Waals surface area contributed by atoms with E-state index in [1.165, 1.54) is 20.1 Å². The van der Waals surface area contributed by atoms with E-state index in [-0.39, 0.29) is 11.6 Å². The zero-order chi connectivity index (χ0) is 19.4. The minimum absolute atomic E-state index is 0.104. The molecule has 1 heterocycles. The van der Waals surface area contributed by atoms with E-state index >= 15 is 0 Å². The molecule has 0 fully saturated rings. The van der Waals surface area contributed by atoms with E-state index in [2.05, 4.69) is 15.8 Å². The molecule has 3 aromatic rings. The molecular formula is C19H16ClN3O4. The molecule has 0 aliphatic heterocycles. The SMILES string of the molecule is COc1ccc(NC(C)=O)cc1NC(=O)c1cc(-c2ccc(Cl)cc2)on1. The van der Waals surface area contributed by atoms with Gasteiger partial charge in [-0.15, -0.1) is 0 Å². The monoisotopic (exact) mass is 385 g/mol. The van der Waals surface area contributed by atoms with Crippen molar-refractivity contribution in [2.45, 2.75) is 6.92 Å². The second kappa shape index (κ2) is 7.92. The number of aromatic nitrogens is 1. The molecule has 3 rings (SSSR count). The lowest BCUT2D eigenvalue weighted by Crippen LogP contribution is -2.13. The Morgan fingerprint density at radius 2 is 1.81 bits per heavy atom. The van der Waals surface area contributed by atoms with E-state index in [0.29, 0.717) is 27.9 Å². The van der Waals surface area contributed by atoms with Gasteiger partial charge in [0, 0.05) is 29.3 Å². The van der Waals surface area contributed by atoms with E-state index in [9.17, 15) is 9.59 Å². The average molecular weight is 386 g/mol. The van der Waals surface area contributed by atoms with Crippen LogP contribution in [0, 0.1) is 0 Å². The molecule has 2 N–H and O–H groups in total. The van der Waals surface area contributed by atoms with E-state index in [0.717, 1.165) is 5.56 Å². The quantitative estimate of drug-likeness (QED) is 0.686. The van der Waals surface area contributed by atoms with Crippen molar-refractivity contribution in [3.05, 3.63) is 59.2 Å². The van der Waals surface area contributed by atoms with Crippen molar-refractivity contribution < 1.29 is 18.8 Å². The van der Waals surface area contributed by atoms with Crippen molar-refractivity contribution in [3.63, 3.8) is 0 Å². The van der Waals surface area contributed by atoms with Crippen molar-refractivity contribution in [3.8, 4) is 17.1 Å². The second-order valence-corrected chi connectivity index (χ2v) is 6.07. The maximum atomic E-state index is 12.5. The molecule has 8 heteroatoms. The molecule has 0 bridgehead atoms. The number of hydrogen-bond donors (Lipinski definition) is 2. The van der Waals surface area contributed by atoms with Gasteiger partial charge in [0.2, 0.25) is 5.91 Å². The molecule has 0 radical (unpaired) electrons. The van der Waals surface area contributed by atoms with Crippen molar-refractivity contribution in [1.82, 2.24) is 5.16 Å². The van der Waals surface area contributed by atoms with Gasteiger partial charge in [0.15, 0.2) is 11.5 Å². The highest BCUT2D eigenvalue weighted by atomic mass is 35.5. The van der Waals surface area contributed by atoms with Crippen LogP contribution < -0.4 is 15.4 Å². The van der Waals surface area contributed by atoms with Gasteiger partial charge in [-0.25, -0.2) is 0 Å². The number of hydrogen-bond acceptors (Lipinski definition) is 5. The van der Waals surface area contributed by atoms with Crippen molar-refractivity contribution in [2.75, 3.05) is 17.7 Å². The summed E-state index contributed by atoms with van der Waals surface area (Å²) in [4.78, 5) is 23.7. The summed E-state index contributed by atoms with van der Waals surface area (Å²) < 4.78 is 10.5. The number of halogens is 1. The molecule has 0 aliphatic carbocycles. The smallest absolute Gasteiger partial charge is 0.277 e. The van der Waals surface area contributed by atoms with Gasteiger partial charge in [0.25, 0.3) is 5.91 Å². The van der Waals surface area contributed by atoms with Gasteiger partial charge < -0.3 is 19.9 Å². The van der Waals surface area contributed by atoms with E-state index in [1.807, 2.05) is 0 Å². The maximum Gasteiger partial charge on any atom is 0.277 e. The fourth-order valence-electron chi connectivity index (χ4n) is 2.41. The summed E-state index contributed by atoms with van der Waals surface area (Å²) in [5.74, 6) is 0.188. The van der Waals surface area contributed by atoms with Gasteiger partial charge in [-0.3, -0.25) is 9.59 Å². The molecule has 0 aliphatic rings. The highest BCUT2D eigenvalue weighted by Gasteiger charge is 2.16. The Bertz CT molecular complexity index is 983. The maximum absolute atomic E-state index is 12.5. The first kappa shape index (κ1) is 18.5. The van der Waals surface area contributed by atoms with Gasteiger partial charge in [0.1, 0.15) is 5.75 Å². The van der Waals surface area contributed by atoms with Crippen LogP contribution in [0.15, 0.2) is 53.1 Å². The Morgan fingerprint density at radius 3 is 2.48 bits per heavy atom. The number of nitrogens with zero attached hydrogens (tertiary/aromatic N) is 1. The molecule has 7 nitrogen and oxygen atoms in total. The third-order valence-electron chi connectivity index (χ3n) is 3.64. The van der Waals surface area contributed by atoms with Crippen LogP contribution in [0.1, 0.15) is 17.4 Å². The molecule has 27 heavy (non-hydrogen) atoms. The van der Waals surface area contributed by atoms with Crippen LogP contribution in [0.5, 0.6) is 5.75 Å². The molecule has 0 spiro atoms. The molecule has 2 amide bonds. The van der Waals surface area contributed by atoms with Crippen LogP contribution in [-0.4, -0.2) is 24.1 Å². The van der Waals surface area contributed by atoms with Crippen molar-refractivity contribution >= 4 is 34.8 Å². The minimum Gasteiger partial charge on any atom is -0.495 e. The summed E-state index contributed by atoms with van der Waals surface area (Å²) in [5.41, 5.74) is 1.77. The number of rotatable bonds is 5. The molecule has 1 aromatic heterocycles. The zero-order valence-electron chi connectivity index (χ0n) is 14.6. The highest BCUT2D eigenvalue weighted by Crippen LogP contribution is 2.29. The van der Waals surface area contributed by atoms with Crippen LogP contribution in [0.25, 0.3) is 11.3 Å². The first-order chi connectivity index (χ1) is 13.0. The van der Waals surface area contributed by atoms with E-state index in [4.69, 9.17) is 20.9 Å². The zero-order valence-corrected chi connectivity index (χ0v) is 15.3. The van der Waals surface area contributed by atoms with Crippen molar-refractivity contribution in [2.24, 2.45) is 0 Å². The molecule has 0 saturated carbocycles. The van der Waals surface area contributed by atoms with E-state index < -0.39 is 5.91 Å². The van der Waals surface area contributed by atoms with Crippen LogP contribution >= 0.6 is 11.6 Å². The van der Waals surface area contributed by atoms with Gasteiger partial charge in [-0.2, -0.15) is 0 Å². The highest BCUT2D eigenvalue weighted by molar-refractivity contribution is 6.30. The van der Waals surface area contributed by atoms with Crippen LogP contribution in [-0.2, 0) is 4.79 Å². The number of nitrogens with one attached hydrogen (secondary N) is 2. The van der Waals surface area contributed by atoms with Gasteiger partial charge >= 0.3 is 0 Å². The molecule has 0 saturated heterocycles. The predicted molar refractivity (Wildman–Crippen MR) is 102 cm³/mol. The van der Waals surface area contributed by atoms with Gasteiger partial charge in [-0.1, -0.05) is 16.8 Å². The first-order valence-corrected chi connectivity index (χ1v) is 8.33. The number of carbonyl (C=O) groups is 2. The number of ether oxygens (including phenoxy) is 1. The predicted octanol–water partition coefficient (Wildman–Crippen LogP) is 4.21. The Kier molecular flexibility index (Phi) is 5.42. The fourth-order valence-corrected chi connectivity index (χ4v) is 2.53. The third kappa shape index (κ3) is 4.45. The lowest BCUT2D eigenvalue weighted by Gasteiger charge is -2.11. The Labute approximate surface area is 160 Å². The summed E-state index contributed by atoms with van der Waals surface area (Å²) >= 11 is 5.87. The molecule has 0 atom stereocenters. The van der Waals surface area contributed by atoms with Crippen LogP contribution in [0.2, 0.25) is 5.02 Å². The normalized spacial score (nSPS) is 10.3. The lowest BCUT2D eigenvalue weighted by molar-refractivity contribution is -0.114. The molecule has 2 aromatic carbocycles. The Hall–Kier alpha value is -3.32. The number of methoxy groups -OCH3 is 1. The Balaban J connectivity index is 1.81. The largest absolute Gasteiger partial charge is 0.495 e.